The topological polar surface area (TPSA) is 58.6 Å². The molecule has 0 aromatic heterocycles. The van der Waals surface area contributed by atoms with Crippen molar-refractivity contribution in [2.24, 2.45) is 5.92 Å². The first-order valence-corrected chi connectivity index (χ1v) is 7.12. The molecular formula is C14H27NO3. The molecule has 0 bridgehead atoms. The zero-order valence-electron chi connectivity index (χ0n) is 11.9. The molecule has 0 spiro atoms. The third-order valence-electron chi connectivity index (χ3n) is 4.13. The van der Waals surface area contributed by atoms with Crippen molar-refractivity contribution in [3.8, 4) is 0 Å². The molecule has 1 fully saturated rings. The summed E-state index contributed by atoms with van der Waals surface area (Å²) in [5.74, 6) is 0.513. The van der Waals surface area contributed by atoms with Crippen LogP contribution >= 0.6 is 0 Å². The normalized spacial score (nSPS) is 23.6. The van der Waals surface area contributed by atoms with Crippen molar-refractivity contribution in [3.05, 3.63) is 0 Å². The number of aliphatic hydroxyl groups is 1. The Hall–Kier alpha value is -0.610. The van der Waals surface area contributed by atoms with Gasteiger partial charge in [0.15, 0.2) is 0 Å². The molecular weight excluding hydrogens is 230 g/mol. The third kappa shape index (κ3) is 3.95. The van der Waals surface area contributed by atoms with Crippen molar-refractivity contribution < 1.29 is 14.6 Å². The molecule has 4 nitrogen and oxygen atoms in total. The highest BCUT2D eigenvalue weighted by Gasteiger charge is 2.33. The zero-order valence-corrected chi connectivity index (χ0v) is 11.9. The fraction of sp³-hybridized carbons (Fsp3) is 0.929. The van der Waals surface area contributed by atoms with E-state index in [1.807, 2.05) is 20.8 Å². The van der Waals surface area contributed by atoms with Crippen molar-refractivity contribution >= 4 is 5.91 Å². The number of nitrogens with one attached hydrogen (secondary N) is 1. The standard InChI is InChI=1S/C14H27NO3/c1-4-14(5-2,10-16)15-13(17)9-11-7-12(8-11)18-6-3/h11-12,16H,4-10H2,1-3H3,(H,15,17). The number of ether oxygens (including phenoxy) is 1. The number of hydrogen-bond acceptors (Lipinski definition) is 3. The number of aliphatic hydroxyl groups excluding tert-OH is 1. The van der Waals surface area contributed by atoms with Gasteiger partial charge in [0.05, 0.1) is 18.2 Å². The lowest BCUT2D eigenvalue weighted by Crippen LogP contribution is -2.51. The first kappa shape index (κ1) is 15.4. The Labute approximate surface area is 110 Å². The molecule has 2 N–H and O–H groups in total. The van der Waals surface area contributed by atoms with E-state index in [-0.39, 0.29) is 12.5 Å². The van der Waals surface area contributed by atoms with Crippen molar-refractivity contribution in [2.45, 2.75) is 64.5 Å². The van der Waals surface area contributed by atoms with Crippen LogP contribution in [0, 0.1) is 5.92 Å². The zero-order chi connectivity index (χ0) is 13.6. The van der Waals surface area contributed by atoms with Crippen LogP contribution in [0.5, 0.6) is 0 Å². The molecule has 0 saturated heterocycles. The van der Waals surface area contributed by atoms with Crippen LogP contribution in [0.15, 0.2) is 0 Å². The minimum Gasteiger partial charge on any atom is -0.394 e. The first-order valence-electron chi connectivity index (χ1n) is 7.12. The Bertz CT molecular complexity index is 250. The Kier molecular flexibility index (Phi) is 6.09. The van der Waals surface area contributed by atoms with E-state index in [0.717, 1.165) is 32.3 Å². The van der Waals surface area contributed by atoms with E-state index < -0.39 is 5.54 Å². The highest BCUT2D eigenvalue weighted by atomic mass is 16.5. The summed E-state index contributed by atoms with van der Waals surface area (Å²) in [4.78, 5) is 11.9. The van der Waals surface area contributed by atoms with E-state index in [4.69, 9.17) is 4.74 Å². The molecule has 0 radical (unpaired) electrons. The summed E-state index contributed by atoms with van der Waals surface area (Å²) < 4.78 is 5.48. The van der Waals surface area contributed by atoms with Gasteiger partial charge in [0.1, 0.15) is 0 Å². The van der Waals surface area contributed by atoms with Crippen LogP contribution in [-0.4, -0.2) is 35.9 Å². The second kappa shape index (κ2) is 7.10. The summed E-state index contributed by atoms with van der Waals surface area (Å²) in [6.07, 6.45) is 4.42. The van der Waals surface area contributed by atoms with Crippen molar-refractivity contribution in [3.63, 3.8) is 0 Å². The average molecular weight is 257 g/mol. The first-order chi connectivity index (χ1) is 8.59. The van der Waals surface area contributed by atoms with Gasteiger partial charge in [-0.15, -0.1) is 0 Å². The van der Waals surface area contributed by atoms with Gasteiger partial charge in [0.2, 0.25) is 5.91 Å². The maximum Gasteiger partial charge on any atom is 0.220 e. The number of carbonyl (C=O) groups excluding carboxylic acids is 1. The van der Waals surface area contributed by atoms with Gasteiger partial charge in [-0.25, -0.2) is 0 Å². The maximum absolute atomic E-state index is 11.9. The molecule has 1 rings (SSSR count). The van der Waals surface area contributed by atoms with Crippen LogP contribution in [0.2, 0.25) is 0 Å². The number of rotatable bonds is 8. The lowest BCUT2D eigenvalue weighted by Gasteiger charge is -2.36. The highest BCUT2D eigenvalue weighted by molar-refractivity contribution is 5.77. The predicted molar refractivity (Wildman–Crippen MR) is 71.3 cm³/mol. The van der Waals surface area contributed by atoms with Gasteiger partial charge >= 0.3 is 0 Å². The Morgan fingerprint density at radius 3 is 2.39 bits per heavy atom. The van der Waals surface area contributed by atoms with Gasteiger partial charge in [0, 0.05) is 13.0 Å². The van der Waals surface area contributed by atoms with E-state index in [0.29, 0.717) is 18.4 Å². The van der Waals surface area contributed by atoms with Crippen LogP contribution in [0.3, 0.4) is 0 Å². The fourth-order valence-corrected chi connectivity index (χ4v) is 2.51. The van der Waals surface area contributed by atoms with Crippen molar-refractivity contribution in [1.82, 2.24) is 5.32 Å². The monoisotopic (exact) mass is 257 g/mol. The molecule has 0 unspecified atom stereocenters. The third-order valence-corrected chi connectivity index (χ3v) is 4.13. The average Bonchev–Trinajstić information content (AvgIpc) is 2.34. The number of hydrogen-bond donors (Lipinski definition) is 2. The summed E-state index contributed by atoms with van der Waals surface area (Å²) in [6, 6.07) is 0. The highest BCUT2D eigenvalue weighted by Crippen LogP contribution is 2.32. The van der Waals surface area contributed by atoms with E-state index >= 15 is 0 Å². The van der Waals surface area contributed by atoms with Crippen LogP contribution in [-0.2, 0) is 9.53 Å². The van der Waals surface area contributed by atoms with Gasteiger partial charge in [-0.05, 0) is 38.5 Å². The molecule has 0 aromatic rings. The Morgan fingerprint density at radius 1 is 1.33 bits per heavy atom. The second-order valence-electron chi connectivity index (χ2n) is 5.31. The maximum atomic E-state index is 11.9. The van der Waals surface area contributed by atoms with Crippen LogP contribution in [0.1, 0.15) is 52.9 Å². The van der Waals surface area contributed by atoms with Crippen molar-refractivity contribution in [2.75, 3.05) is 13.2 Å². The molecule has 4 heteroatoms. The van der Waals surface area contributed by atoms with Crippen LogP contribution in [0.25, 0.3) is 0 Å². The molecule has 1 amide bonds. The van der Waals surface area contributed by atoms with Crippen LogP contribution in [0.4, 0.5) is 0 Å². The number of carbonyl (C=O) groups is 1. The Balaban J connectivity index is 2.30. The van der Waals surface area contributed by atoms with E-state index in [2.05, 4.69) is 5.32 Å². The largest absolute Gasteiger partial charge is 0.394 e. The molecule has 1 aliphatic rings. The van der Waals surface area contributed by atoms with Crippen molar-refractivity contribution in [1.29, 1.82) is 0 Å². The molecule has 0 aliphatic heterocycles. The molecule has 0 aromatic carbocycles. The summed E-state index contributed by atoms with van der Waals surface area (Å²) in [5, 5.41) is 12.4. The quantitative estimate of drug-likeness (QED) is 0.698. The molecule has 1 aliphatic carbocycles. The molecule has 0 heterocycles. The molecule has 1 saturated carbocycles. The lowest BCUT2D eigenvalue weighted by molar-refractivity contribution is -0.127. The SMILES string of the molecule is CCOC1CC(CC(=O)NC(CC)(CC)CO)C1. The van der Waals surface area contributed by atoms with Gasteiger partial charge in [-0.1, -0.05) is 13.8 Å². The molecule has 18 heavy (non-hydrogen) atoms. The summed E-state index contributed by atoms with van der Waals surface area (Å²) in [5.41, 5.74) is -0.430. The van der Waals surface area contributed by atoms with E-state index in [9.17, 15) is 9.90 Å². The predicted octanol–water partition coefficient (Wildman–Crippen LogP) is 1.86. The lowest BCUT2D eigenvalue weighted by atomic mass is 9.79. The summed E-state index contributed by atoms with van der Waals surface area (Å²) in [6.45, 7) is 6.75. The minimum atomic E-state index is -0.430. The fourth-order valence-electron chi connectivity index (χ4n) is 2.51. The second-order valence-corrected chi connectivity index (χ2v) is 5.31. The van der Waals surface area contributed by atoms with E-state index in [1.54, 1.807) is 0 Å². The number of amides is 1. The molecule has 106 valence electrons. The Morgan fingerprint density at radius 2 is 1.94 bits per heavy atom. The minimum absolute atomic E-state index is 0.0119. The van der Waals surface area contributed by atoms with Gasteiger partial charge in [0.25, 0.3) is 0 Å². The van der Waals surface area contributed by atoms with Gasteiger partial charge in [-0.3, -0.25) is 4.79 Å². The van der Waals surface area contributed by atoms with Crippen LogP contribution < -0.4 is 5.32 Å². The smallest absolute Gasteiger partial charge is 0.220 e. The summed E-state index contributed by atoms with van der Waals surface area (Å²) >= 11 is 0. The molecule has 0 atom stereocenters. The van der Waals surface area contributed by atoms with Gasteiger partial charge < -0.3 is 15.2 Å². The van der Waals surface area contributed by atoms with E-state index in [1.165, 1.54) is 0 Å². The summed E-state index contributed by atoms with van der Waals surface area (Å²) in [7, 11) is 0. The van der Waals surface area contributed by atoms with Gasteiger partial charge in [-0.2, -0.15) is 0 Å².